The second kappa shape index (κ2) is 5.59. The van der Waals surface area contributed by atoms with E-state index in [1.54, 1.807) is 18.2 Å². The summed E-state index contributed by atoms with van der Waals surface area (Å²) in [6.07, 6.45) is -3.24. The number of carbonyl (C=O) groups excluding carboxylic acids is 1. The van der Waals surface area contributed by atoms with E-state index in [4.69, 9.17) is 10.2 Å². The molecule has 0 saturated carbocycles. The smallest absolute Gasteiger partial charge is 0.347 e. The number of benzene rings is 1. The van der Waals surface area contributed by atoms with Crippen LogP contribution in [0.5, 0.6) is 0 Å². The van der Waals surface area contributed by atoms with Gasteiger partial charge >= 0.3 is 11.9 Å². The van der Waals surface area contributed by atoms with Gasteiger partial charge in [-0.05, 0) is 5.56 Å². The van der Waals surface area contributed by atoms with E-state index < -0.39 is 35.8 Å². The van der Waals surface area contributed by atoms with E-state index in [1.165, 1.54) is 12.1 Å². The van der Waals surface area contributed by atoms with Crippen LogP contribution in [0.4, 0.5) is 0 Å². The first-order valence-corrected chi connectivity index (χ1v) is 5.24. The lowest BCUT2D eigenvalue weighted by Gasteiger charge is -2.24. The van der Waals surface area contributed by atoms with E-state index in [2.05, 4.69) is 0 Å². The van der Waals surface area contributed by atoms with Crippen LogP contribution in [-0.2, 0) is 20.8 Å². The monoisotopic (exact) mass is 268 g/mol. The predicted molar refractivity (Wildman–Crippen MR) is 61.4 cm³/mol. The van der Waals surface area contributed by atoms with Crippen LogP contribution in [0.1, 0.15) is 5.56 Å². The van der Waals surface area contributed by atoms with E-state index in [1.807, 2.05) is 0 Å². The summed E-state index contributed by atoms with van der Waals surface area (Å²) < 4.78 is 0. The molecule has 0 unspecified atom stereocenters. The van der Waals surface area contributed by atoms with Crippen LogP contribution in [0.25, 0.3) is 0 Å². The summed E-state index contributed by atoms with van der Waals surface area (Å²) >= 11 is 0. The molecule has 1 rings (SSSR count). The van der Waals surface area contributed by atoms with Gasteiger partial charge in [-0.3, -0.25) is 4.79 Å². The van der Waals surface area contributed by atoms with E-state index in [0.717, 1.165) is 0 Å². The molecular weight excluding hydrogens is 256 g/mol. The first-order chi connectivity index (χ1) is 8.80. The van der Waals surface area contributed by atoms with Gasteiger partial charge in [-0.15, -0.1) is 0 Å². The van der Waals surface area contributed by atoms with Gasteiger partial charge in [0.15, 0.2) is 11.9 Å². The van der Waals surface area contributed by atoms with Gasteiger partial charge in [0.05, 0.1) is 0 Å². The number of aliphatic hydroxyl groups is 2. The number of Topliss-reactive ketones (excluding diaryl/α,β-unsaturated/α-hetero) is 1. The molecule has 0 fully saturated rings. The molecule has 0 aliphatic heterocycles. The van der Waals surface area contributed by atoms with Crippen molar-refractivity contribution in [2.75, 3.05) is 0 Å². The van der Waals surface area contributed by atoms with E-state index in [9.17, 15) is 24.6 Å². The quantitative estimate of drug-likeness (QED) is 0.489. The third kappa shape index (κ3) is 2.95. The highest BCUT2D eigenvalue weighted by Crippen LogP contribution is 2.17. The molecule has 4 N–H and O–H groups in total. The zero-order valence-corrected chi connectivity index (χ0v) is 9.68. The van der Waals surface area contributed by atoms with Crippen LogP contribution >= 0.6 is 0 Å². The summed E-state index contributed by atoms with van der Waals surface area (Å²) in [6.45, 7) is 0. The molecule has 2 atom stereocenters. The zero-order valence-electron chi connectivity index (χ0n) is 9.68. The van der Waals surface area contributed by atoms with Crippen LogP contribution in [0.2, 0.25) is 0 Å². The molecule has 0 aliphatic carbocycles. The minimum absolute atomic E-state index is 0.393. The van der Waals surface area contributed by atoms with Gasteiger partial charge in [0, 0.05) is 6.42 Å². The van der Waals surface area contributed by atoms with Crippen LogP contribution in [0.15, 0.2) is 30.3 Å². The standard InChI is InChI=1S/C12H12O7/c13-8(6-7-4-2-1-3-5-7)12(19,11(17)18)9(14)10(15)16/h1-5,9,14,19H,6H2,(H,15,16)(H,17,18)/t9-,12+/m0/s1. The fourth-order valence-electron chi connectivity index (χ4n) is 1.48. The Labute approximate surface area is 107 Å². The molecule has 0 amide bonds. The number of carbonyl (C=O) groups is 3. The van der Waals surface area contributed by atoms with Crippen molar-refractivity contribution < 1.29 is 34.8 Å². The summed E-state index contributed by atoms with van der Waals surface area (Å²) in [5.74, 6) is -5.41. The molecule has 1 aromatic rings. The van der Waals surface area contributed by atoms with Crippen molar-refractivity contribution >= 4 is 17.7 Å². The Bertz CT molecular complexity index is 496. The summed E-state index contributed by atoms with van der Waals surface area (Å²) in [5, 5.41) is 36.3. The molecular formula is C12H12O7. The number of hydrogen-bond acceptors (Lipinski definition) is 5. The first-order valence-electron chi connectivity index (χ1n) is 5.24. The van der Waals surface area contributed by atoms with Gasteiger partial charge in [-0.2, -0.15) is 0 Å². The number of aliphatic carboxylic acids is 2. The van der Waals surface area contributed by atoms with Crippen molar-refractivity contribution in [2.45, 2.75) is 18.1 Å². The van der Waals surface area contributed by atoms with Crippen LogP contribution < -0.4 is 0 Å². The van der Waals surface area contributed by atoms with Crippen molar-refractivity contribution in [3.63, 3.8) is 0 Å². The molecule has 1 aromatic carbocycles. The number of carboxylic acid groups (broad SMARTS) is 2. The molecule has 0 radical (unpaired) electrons. The number of aliphatic hydroxyl groups excluding tert-OH is 1. The summed E-state index contributed by atoms with van der Waals surface area (Å²) in [7, 11) is 0. The predicted octanol–water partition coefficient (Wildman–Crippen LogP) is -0.941. The average molecular weight is 268 g/mol. The fourth-order valence-corrected chi connectivity index (χ4v) is 1.48. The average Bonchev–Trinajstić information content (AvgIpc) is 2.37. The Morgan fingerprint density at radius 3 is 2.05 bits per heavy atom. The van der Waals surface area contributed by atoms with Crippen molar-refractivity contribution in [3.8, 4) is 0 Å². The molecule has 102 valence electrons. The first kappa shape index (κ1) is 14.8. The summed E-state index contributed by atoms with van der Waals surface area (Å²) in [5.41, 5.74) is -2.98. The molecule has 0 aliphatic rings. The highest BCUT2D eigenvalue weighted by atomic mass is 16.4. The van der Waals surface area contributed by atoms with Crippen LogP contribution in [0.3, 0.4) is 0 Å². The van der Waals surface area contributed by atoms with Crippen LogP contribution in [-0.4, -0.2) is 49.9 Å². The zero-order chi connectivity index (χ0) is 14.6. The number of rotatable bonds is 6. The fraction of sp³-hybridized carbons (Fsp3) is 0.250. The number of hydrogen-bond donors (Lipinski definition) is 4. The van der Waals surface area contributed by atoms with Crippen molar-refractivity contribution in [1.29, 1.82) is 0 Å². The molecule has 0 heterocycles. The largest absolute Gasteiger partial charge is 0.479 e. The lowest BCUT2D eigenvalue weighted by atomic mass is 9.88. The Balaban J connectivity index is 3.04. The van der Waals surface area contributed by atoms with Gasteiger partial charge in [0.2, 0.25) is 0 Å². The molecule has 0 spiro atoms. The van der Waals surface area contributed by atoms with Gasteiger partial charge in [-0.1, -0.05) is 30.3 Å². The van der Waals surface area contributed by atoms with E-state index >= 15 is 0 Å². The SMILES string of the molecule is O=C(O)[C@H](O)[C@@](O)(C(=O)O)C(=O)Cc1ccccc1. The Morgan fingerprint density at radius 1 is 1.11 bits per heavy atom. The van der Waals surface area contributed by atoms with Crippen molar-refractivity contribution in [3.05, 3.63) is 35.9 Å². The van der Waals surface area contributed by atoms with Crippen molar-refractivity contribution in [2.24, 2.45) is 0 Å². The second-order valence-corrected chi connectivity index (χ2v) is 3.90. The Kier molecular flexibility index (Phi) is 4.36. The minimum atomic E-state index is -3.37. The van der Waals surface area contributed by atoms with Gasteiger partial charge in [0.25, 0.3) is 5.60 Å². The molecule has 0 bridgehead atoms. The van der Waals surface area contributed by atoms with E-state index in [-0.39, 0.29) is 0 Å². The lowest BCUT2D eigenvalue weighted by molar-refractivity contribution is -0.186. The molecule has 19 heavy (non-hydrogen) atoms. The van der Waals surface area contributed by atoms with Crippen molar-refractivity contribution in [1.82, 2.24) is 0 Å². The molecule has 7 heteroatoms. The van der Waals surface area contributed by atoms with Gasteiger partial charge in [0.1, 0.15) is 0 Å². The lowest BCUT2D eigenvalue weighted by Crippen LogP contribution is -2.59. The third-order valence-electron chi connectivity index (χ3n) is 2.59. The number of ketones is 1. The summed E-state index contributed by atoms with van der Waals surface area (Å²) in [6, 6.07) is 7.87. The highest BCUT2D eigenvalue weighted by molar-refractivity contribution is 6.10. The minimum Gasteiger partial charge on any atom is -0.479 e. The topological polar surface area (TPSA) is 132 Å². The molecule has 7 nitrogen and oxygen atoms in total. The maximum absolute atomic E-state index is 11.8. The molecule has 0 saturated heterocycles. The normalized spacial score (nSPS) is 15.3. The second-order valence-electron chi connectivity index (χ2n) is 3.90. The Morgan fingerprint density at radius 2 is 1.63 bits per heavy atom. The van der Waals surface area contributed by atoms with E-state index in [0.29, 0.717) is 5.56 Å². The van der Waals surface area contributed by atoms with Crippen LogP contribution in [0, 0.1) is 0 Å². The van der Waals surface area contributed by atoms with Gasteiger partial charge < -0.3 is 20.4 Å². The third-order valence-corrected chi connectivity index (χ3v) is 2.59. The maximum atomic E-state index is 11.8. The maximum Gasteiger partial charge on any atom is 0.347 e. The highest BCUT2D eigenvalue weighted by Gasteiger charge is 2.53. The Hall–Kier alpha value is -2.25. The summed E-state index contributed by atoms with van der Waals surface area (Å²) in [4.78, 5) is 33.3. The molecule has 0 aromatic heterocycles. The van der Waals surface area contributed by atoms with Gasteiger partial charge in [-0.25, -0.2) is 9.59 Å². The number of carboxylic acids is 2.